The number of anilines is 1. The number of piperidine rings is 1. The summed E-state index contributed by atoms with van der Waals surface area (Å²) in [5.41, 5.74) is 1.19. The minimum absolute atomic E-state index is 0.868. The highest BCUT2D eigenvalue weighted by molar-refractivity contribution is 9.10. The maximum atomic E-state index is 3.56. The van der Waals surface area contributed by atoms with E-state index < -0.39 is 0 Å². The molecular formula is C14H21BrN2. The second-order valence-electron chi connectivity index (χ2n) is 4.95. The Hall–Kier alpha value is -0.540. The second kappa shape index (κ2) is 6.41. The standard InChI is InChI=1S/C14H21BrN2/c1-12-5-4-9-17(11-12)10-8-16-14-7-3-2-6-13(14)15/h2-3,6-7,12,16H,4-5,8-11H2,1H3. The lowest BCUT2D eigenvalue weighted by molar-refractivity contribution is 0.190. The van der Waals surface area contributed by atoms with Crippen molar-refractivity contribution in [1.29, 1.82) is 0 Å². The van der Waals surface area contributed by atoms with Crippen molar-refractivity contribution in [2.24, 2.45) is 5.92 Å². The van der Waals surface area contributed by atoms with Gasteiger partial charge in [0.15, 0.2) is 0 Å². The zero-order valence-electron chi connectivity index (χ0n) is 10.5. The summed E-state index contributed by atoms with van der Waals surface area (Å²) in [7, 11) is 0. The summed E-state index contributed by atoms with van der Waals surface area (Å²) in [5, 5.41) is 3.49. The van der Waals surface area contributed by atoms with Gasteiger partial charge >= 0.3 is 0 Å². The van der Waals surface area contributed by atoms with Gasteiger partial charge in [-0.25, -0.2) is 0 Å². The van der Waals surface area contributed by atoms with E-state index in [1.165, 1.54) is 31.6 Å². The summed E-state index contributed by atoms with van der Waals surface area (Å²) in [5.74, 6) is 0.868. The van der Waals surface area contributed by atoms with E-state index in [2.05, 4.69) is 51.3 Å². The Balaban J connectivity index is 1.74. The van der Waals surface area contributed by atoms with Crippen LogP contribution in [0.1, 0.15) is 19.8 Å². The second-order valence-corrected chi connectivity index (χ2v) is 5.81. The highest BCUT2D eigenvalue weighted by Crippen LogP contribution is 2.21. The maximum absolute atomic E-state index is 3.56. The molecule has 1 aliphatic rings. The van der Waals surface area contributed by atoms with Crippen LogP contribution in [0.5, 0.6) is 0 Å². The van der Waals surface area contributed by atoms with Crippen LogP contribution in [-0.4, -0.2) is 31.1 Å². The lowest BCUT2D eigenvalue weighted by atomic mass is 10.0. The van der Waals surface area contributed by atoms with E-state index >= 15 is 0 Å². The molecule has 17 heavy (non-hydrogen) atoms. The molecule has 1 fully saturated rings. The van der Waals surface area contributed by atoms with Crippen LogP contribution in [-0.2, 0) is 0 Å². The normalized spacial score (nSPS) is 21.4. The van der Waals surface area contributed by atoms with Crippen molar-refractivity contribution in [2.45, 2.75) is 19.8 Å². The van der Waals surface area contributed by atoms with Crippen LogP contribution in [0.15, 0.2) is 28.7 Å². The lowest BCUT2D eigenvalue weighted by Crippen LogP contribution is -2.37. The van der Waals surface area contributed by atoms with Gasteiger partial charge in [-0.1, -0.05) is 19.1 Å². The van der Waals surface area contributed by atoms with Crippen molar-refractivity contribution in [3.05, 3.63) is 28.7 Å². The Bertz CT molecular complexity index is 354. The fourth-order valence-corrected chi connectivity index (χ4v) is 2.87. The summed E-state index contributed by atoms with van der Waals surface area (Å²) in [4.78, 5) is 2.57. The largest absolute Gasteiger partial charge is 0.383 e. The predicted octanol–water partition coefficient (Wildman–Crippen LogP) is 3.59. The van der Waals surface area contributed by atoms with Crippen molar-refractivity contribution in [2.75, 3.05) is 31.5 Å². The molecule has 1 atom stereocenters. The van der Waals surface area contributed by atoms with Gasteiger partial charge < -0.3 is 10.2 Å². The van der Waals surface area contributed by atoms with Crippen molar-refractivity contribution in [3.8, 4) is 0 Å². The van der Waals surface area contributed by atoms with E-state index in [0.717, 1.165) is 23.5 Å². The van der Waals surface area contributed by atoms with E-state index in [-0.39, 0.29) is 0 Å². The first-order valence-electron chi connectivity index (χ1n) is 6.46. The van der Waals surface area contributed by atoms with Crippen LogP contribution in [0.2, 0.25) is 0 Å². The molecule has 2 nitrogen and oxygen atoms in total. The third-order valence-corrected chi connectivity index (χ3v) is 4.05. The highest BCUT2D eigenvalue weighted by atomic mass is 79.9. The molecule has 1 aliphatic heterocycles. The molecule has 94 valence electrons. The van der Waals surface area contributed by atoms with Crippen molar-refractivity contribution in [1.82, 2.24) is 4.90 Å². The molecule has 0 amide bonds. The van der Waals surface area contributed by atoms with Crippen LogP contribution in [0.25, 0.3) is 0 Å². The number of halogens is 1. The summed E-state index contributed by atoms with van der Waals surface area (Å²) in [6.07, 6.45) is 2.75. The van der Waals surface area contributed by atoms with Gasteiger partial charge in [0, 0.05) is 29.8 Å². The van der Waals surface area contributed by atoms with Crippen LogP contribution in [0.3, 0.4) is 0 Å². The third-order valence-electron chi connectivity index (χ3n) is 3.36. The Morgan fingerprint density at radius 2 is 2.24 bits per heavy atom. The van der Waals surface area contributed by atoms with Gasteiger partial charge in [0.05, 0.1) is 0 Å². The SMILES string of the molecule is CC1CCCN(CCNc2ccccc2Br)C1. The van der Waals surface area contributed by atoms with Crippen molar-refractivity contribution >= 4 is 21.6 Å². The summed E-state index contributed by atoms with van der Waals surface area (Å²) < 4.78 is 1.15. The number of hydrogen-bond donors (Lipinski definition) is 1. The molecule has 2 rings (SSSR count). The molecule has 0 aliphatic carbocycles. The van der Waals surface area contributed by atoms with Gasteiger partial charge in [0.2, 0.25) is 0 Å². The number of hydrogen-bond acceptors (Lipinski definition) is 2. The molecule has 0 radical (unpaired) electrons. The average Bonchev–Trinajstić information content (AvgIpc) is 2.32. The molecule has 1 heterocycles. The quantitative estimate of drug-likeness (QED) is 0.913. The van der Waals surface area contributed by atoms with E-state index in [0.29, 0.717) is 0 Å². The van der Waals surface area contributed by atoms with Gasteiger partial charge in [0.1, 0.15) is 0 Å². The van der Waals surface area contributed by atoms with Gasteiger partial charge in [0.25, 0.3) is 0 Å². The number of benzene rings is 1. The Kier molecular flexibility index (Phi) is 4.86. The Labute approximate surface area is 113 Å². The predicted molar refractivity (Wildman–Crippen MR) is 77.5 cm³/mol. The van der Waals surface area contributed by atoms with Crippen LogP contribution in [0, 0.1) is 5.92 Å². The molecule has 1 aromatic carbocycles. The minimum atomic E-state index is 0.868. The first kappa shape index (κ1) is 12.9. The zero-order valence-corrected chi connectivity index (χ0v) is 12.0. The van der Waals surface area contributed by atoms with E-state index in [4.69, 9.17) is 0 Å². The molecule has 0 saturated carbocycles. The van der Waals surface area contributed by atoms with Gasteiger partial charge in [-0.3, -0.25) is 0 Å². The topological polar surface area (TPSA) is 15.3 Å². The number of likely N-dealkylation sites (tertiary alicyclic amines) is 1. The van der Waals surface area contributed by atoms with Crippen LogP contribution >= 0.6 is 15.9 Å². The van der Waals surface area contributed by atoms with Gasteiger partial charge in [-0.2, -0.15) is 0 Å². The molecule has 1 aromatic rings. The number of nitrogens with one attached hydrogen (secondary N) is 1. The summed E-state index contributed by atoms with van der Waals surface area (Å²) >= 11 is 3.56. The fraction of sp³-hybridized carbons (Fsp3) is 0.571. The average molecular weight is 297 g/mol. The lowest BCUT2D eigenvalue weighted by Gasteiger charge is -2.30. The first-order valence-corrected chi connectivity index (χ1v) is 7.26. The number of nitrogens with zero attached hydrogens (tertiary/aromatic N) is 1. The minimum Gasteiger partial charge on any atom is -0.383 e. The van der Waals surface area contributed by atoms with E-state index in [1.807, 2.05) is 6.07 Å². The van der Waals surface area contributed by atoms with Crippen LogP contribution in [0.4, 0.5) is 5.69 Å². The third kappa shape index (κ3) is 4.00. The first-order chi connectivity index (χ1) is 8.25. The molecule has 1 unspecified atom stereocenters. The monoisotopic (exact) mass is 296 g/mol. The molecule has 0 aromatic heterocycles. The summed E-state index contributed by atoms with van der Waals surface area (Å²) in [6, 6.07) is 8.30. The Morgan fingerprint density at radius 1 is 1.41 bits per heavy atom. The zero-order chi connectivity index (χ0) is 12.1. The molecule has 1 saturated heterocycles. The maximum Gasteiger partial charge on any atom is 0.0485 e. The smallest absolute Gasteiger partial charge is 0.0485 e. The van der Waals surface area contributed by atoms with Crippen LogP contribution < -0.4 is 5.32 Å². The molecule has 1 N–H and O–H groups in total. The molecule has 3 heteroatoms. The van der Waals surface area contributed by atoms with Gasteiger partial charge in [-0.15, -0.1) is 0 Å². The molecule has 0 bridgehead atoms. The van der Waals surface area contributed by atoms with Crippen molar-refractivity contribution in [3.63, 3.8) is 0 Å². The fourth-order valence-electron chi connectivity index (χ4n) is 2.44. The number of para-hydroxylation sites is 1. The van der Waals surface area contributed by atoms with Crippen molar-refractivity contribution < 1.29 is 0 Å². The van der Waals surface area contributed by atoms with E-state index in [9.17, 15) is 0 Å². The Morgan fingerprint density at radius 3 is 3.00 bits per heavy atom. The van der Waals surface area contributed by atoms with Gasteiger partial charge in [-0.05, 0) is 53.4 Å². The highest BCUT2D eigenvalue weighted by Gasteiger charge is 2.15. The van der Waals surface area contributed by atoms with E-state index in [1.54, 1.807) is 0 Å². The molecule has 0 spiro atoms. The summed E-state index contributed by atoms with van der Waals surface area (Å²) in [6.45, 7) is 7.05. The number of rotatable bonds is 4. The molecular weight excluding hydrogens is 276 g/mol.